The summed E-state index contributed by atoms with van der Waals surface area (Å²) in [5.74, 6) is -0.593. The van der Waals surface area contributed by atoms with Crippen LogP contribution < -0.4 is 0 Å². The lowest BCUT2D eigenvalue weighted by Crippen LogP contribution is -2.03. The molecule has 1 heterocycles. The summed E-state index contributed by atoms with van der Waals surface area (Å²) in [6.45, 7) is 0. The molecule has 0 atom stereocenters. The number of rotatable bonds is 3. The Bertz CT molecular complexity index is 566. The van der Waals surface area contributed by atoms with Crippen molar-refractivity contribution in [3.63, 3.8) is 0 Å². The quantitative estimate of drug-likeness (QED) is 0.810. The van der Waals surface area contributed by atoms with Crippen molar-refractivity contribution in [1.29, 1.82) is 0 Å². The monoisotopic (exact) mass is 300 g/mol. The summed E-state index contributed by atoms with van der Waals surface area (Å²) in [5.41, 5.74) is 0.128. The van der Waals surface area contributed by atoms with Crippen LogP contribution in [0.1, 0.15) is 10.5 Å². The Balaban J connectivity index is 2.04. The van der Waals surface area contributed by atoms with E-state index in [-0.39, 0.29) is 5.69 Å². The van der Waals surface area contributed by atoms with Crippen LogP contribution in [0.15, 0.2) is 41.7 Å². The third kappa shape index (κ3) is 3.13. The van der Waals surface area contributed by atoms with Gasteiger partial charge in [-0.3, -0.25) is 4.98 Å². The van der Waals surface area contributed by atoms with Gasteiger partial charge < -0.3 is 4.18 Å². The number of hydrogen-bond donors (Lipinski definition) is 0. The maximum atomic E-state index is 11.6. The summed E-state index contributed by atoms with van der Waals surface area (Å²) >= 11 is 12.6. The minimum absolute atomic E-state index is 0.128. The Morgan fingerprint density at radius 2 is 2.11 bits per heavy atom. The van der Waals surface area contributed by atoms with Crippen LogP contribution in [0.25, 0.3) is 0 Å². The fourth-order valence-electron chi connectivity index (χ4n) is 1.08. The van der Waals surface area contributed by atoms with Gasteiger partial charge in [-0.2, -0.15) is 0 Å². The smallest absolute Gasteiger partial charge is 0.370 e. The van der Waals surface area contributed by atoms with Crippen LogP contribution in [-0.4, -0.2) is 15.9 Å². The standard InChI is InChI=1S/C11H6Cl2N2O2S/c12-7-2-1-3-9(10(7)13)18-17-11(16)8-6-14-4-5-15-8/h1-6H. The van der Waals surface area contributed by atoms with E-state index in [9.17, 15) is 4.79 Å². The second-order valence-electron chi connectivity index (χ2n) is 3.10. The van der Waals surface area contributed by atoms with Crippen molar-refractivity contribution in [2.24, 2.45) is 0 Å². The molecule has 0 spiro atoms. The van der Waals surface area contributed by atoms with Gasteiger partial charge in [0.2, 0.25) is 0 Å². The minimum Gasteiger partial charge on any atom is -0.381 e. The summed E-state index contributed by atoms with van der Waals surface area (Å²) in [4.78, 5) is 19.7. The van der Waals surface area contributed by atoms with E-state index in [0.29, 0.717) is 14.9 Å². The number of halogens is 2. The van der Waals surface area contributed by atoms with Crippen molar-refractivity contribution in [3.8, 4) is 0 Å². The van der Waals surface area contributed by atoms with Gasteiger partial charge in [-0.25, -0.2) is 9.78 Å². The van der Waals surface area contributed by atoms with Gasteiger partial charge in [0.1, 0.15) is 0 Å². The van der Waals surface area contributed by atoms with Crippen molar-refractivity contribution in [2.75, 3.05) is 0 Å². The maximum Gasteiger partial charge on any atom is 0.370 e. The Kier molecular flexibility index (Phi) is 4.41. The number of carbonyl (C=O) groups is 1. The molecule has 0 amide bonds. The summed E-state index contributed by atoms with van der Waals surface area (Å²) in [6.07, 6.45) is 4.20. The van der Waals surface area contributed by atoms with E-state index in [0.717, 1.165) is 12.0 Å². The van der Waals surface area contributed by atoms with Crippen LogP contribution in [0.4, 0.5) is 0 Å². The molecule has 7 heteroatoms. The molecular weight excluding hydrogens is 295 g/mol. The van der Waals surface area contributed by atoms with Crippen LogP contribution in [0, 0.1) is 0 Å². The first kappa shape index (κ1) is 13.1. The largest absolute Gasteiger partial charge is 0.381 e. The molecule has 0 bridgehead atoms. The number of benzene rings is 1. The highest BCUT2D eigenvalue weighted by atomic mass is 35.5. The first-order chi connectivity index (χ1) is 8.68. The molecule has 2 aromatic rings. The SMILES string of the molecule is O=C(OSc1cccc(Cl)c1Cl)c1cnccn1. The van der Waals surface area contributed by atoms with Crippen LogP contribution in [0.5, 0.6) is 0 Å². The van der Waals surface area contributed by atoms with Crippen molar-refractivity contribution >= 4 is 41.2 Å². The average Bonchev–Trinajstić information content (AvgIpc) is 2.41. The van der Waals surface area contributed by atoms with Crippen LogP contribution in [0.2, 0.25) is 10.0 Å². The lowest BCUT2D eigenvalue weighted by atomic mass is 10.4. The Hall–Kier alpha value is -1.30. The van der Waals surface area contributed by atoms with Gasteiger partial charge in [-0.05, 0) is 12.1 Å². The fraction of sp³-hybridized carbons (Fsp3) is 0. The lowest BCUT2D eigenvalue weighted by Gasteiger charge is -2.04. The van der Waals surface area contributed by atoms with Gasteiger partial charge in [0.05, 0.1) is 33.2 Å². The lowest BCUT2D eigenvalue weighted by molar-refractivity contribution is 0.0761. The van der Waals surface area contributed by atoms with Gasteiger partial charge in [-0.15, -0.1) is 0 Å². The van der Waals surface area contributed by atoms with Gasteiger partial charge >= 0.3 is 5.97 Å². The number of carbonyl (C=O) groups excluding carboxylic acids is 1. The second-order valence-corrected chi connectivity index (χ2v) is 4.66. The van der Waals surface area contributed by atoms with Crippen molar-refractivity contribution in [3.05, 3.63) is 52.5 Å². The first-order valence-corrected chi connectivity index (χ1v) is 6.27. The van der Waals surface area contributed by atoms with E-state index >= 15 is 0 Å². The first-order valence-electron chi connectivity index (χ1n) is 4.77. The topological polar surface area (TPSA) is 52.1 Å². The zero-order chi connectivity index (χ0) is 13.0. The van der Waals surface area contributed by atoms with Gasteiger partial charge in [0, 0.05) is 12.4 Å². The maximum absolute atomic E-state index is 11.6. The van der Waals surface area contributed by atoms with Crippen molar-refractivity contribution in [1.82, 2.24) is 9.97 Å². The zero-order valence-corrected chi connectivity index (χ0v) is 11.2. The summed E-state index contributed by atoms with van der Waals surface area (Å²) in [7, 11) is 0. The van der Waals surface area contributed by atoms with Gasteiger partial charge in [0.25, 0.3) is 0 Å². The number of hydrogen-bond acceptors (Lipinski definition) is 5. The summed E-state index contributed by atoms with van der Waals surface area (Å²) < 4.78 is 4.98. The third-order valence-electron chi connectivity index (χ3n) is 1.90. The van der Waals surface area contributed by atoms with Gasteiger partial charge in [-0.1, -0.05) is 29.3 Å². The molecule has 0 aliphatic rings. The zero-order valence-electron chi connectivity index (χ0n) is 8.84. The molecule has 1 aromatic heterocycles. The molecule has 0 aliphatic carbocycles. The minimum atomic E-state index is -0.593. The van der Waals surface area contributed by atoms with E-state index in [1.807, 2.05) is 0 Å². The second kappa shape index (κ2) is 6.04. The molecule has 4 nitrogen and oxygen atoms in total. The van der Waals surface area contributed by atoms with Crippen molar-refractivity contribution in [2.45, 2.75) is 4.90 Å². The molecule has 0 fully saturated rings. The highest BCUT2D eigenvalue weighted by Gasteiger charge is 2.12. The van der Waals surface area contributed by atoms with Crippen LogP contribution >= 0.6 is 35.2 Å². The van der Waals surface area contributed by atoms with Crippen molar-refractivity contribution < 1.29 is 8.98 Å². The molecule has 0 unspecified atom stereocenters. The Labute approximate surface area is 118 Å². The number of nitrogens with zero attached hydrogens (tertiary/aromatic N) is 2. The van der Waals surface area contributed by atoms with E-state index in [2.05, 4.69) is 9.97 Å². The number of aromatic nitrogens is 2. The van der Waals surface area contributed by atoms with E-state index in [1.54, 1.807) is 18.2 Å². The Morgan fingerprint density at radius 1 is 1.28 bits per heavy atom. The molecule has 2 rings (SSSR count). The third-order valence-corrected chi connectivity index (χ3v) is 3.58. The molecule has 1 aromatic carbocycles. The summed E-state index contributed by atoms with van der Waals surface area (Å²) in [6, 6.07) is 5.06. The van der Waals surface area contributed by atoms with E-state index < -0.39 is 5.97 Å². The molecule has 92 valence electrons. The highest BCUT2D eigenvalue weighted by Crippen LogP contribution is 2.33. The predicted molar refractivity (Wildman–Crippen MR) is 69.8 cm³/mol. The molecule has 0 N–H and O–H groups in total. The Morgan fingerprint density at radius 3 is 2.83 bits per heavy atom. The van der Waals surface area contributed by atoms with Crippen LogP contribution in [0.3, 0.4) is 0 Å². The molecule has 18 heavy (non-hydrogen) atoms. The average molecular weight is 301 g/mol. The van der Waals surface area contributed by atoms with Gasteiger partial charge in [0.15, 0.2) is 5.69 Å². The summed E-state index contributed by atoms with van der Waals surface area (Å²) in [5, 5.41) is 0.744. The molecule has 0 radical (unpaired) electrons. The van der Waals surface area contributed by atoms with E-state index in [4.69, 9.17) is 27.4 Å². The fourth-order valence-corrected chi connectivity index (χ4v) is 2.10. The predicted octanol–water partition coefficient (Wildman–Crippen LogP) is 3.65. The molecule has 0 aliphatic heterocycles. The molecule has 0 saturated heterocycles. The van der Waals surface area contributed by atoms with Crippen LogP contribution in [-0.2, 0) is 4.18 Å². The molecular formula is C11H6Cl2N2O2S. The highest BCUT2D eigenvalue weighted by molar-refractivity contribution is 7.95. The normalized spacial score (nSPS) is 10.1. The molecule has 0 saturated carbocycles. The van der Waals surface area contributed by atoms with E-state index in [1.165, 1.54) is 18.6 Å².